The number of rotatable bonds is 6. The molecule has 23 heavy (non-hydrogen) atoms. The van der Waals surface area contributed by atoms with Crippen molar-refractivity contribution in [1.82, 2.24) is 15.0 Å². The van der Waals surface area contributed by atoms with Crippen LogP contribution in [0.15, 0.2) is 36.9 Å². The van der Waals surface area contributed by atoms with E-state index >= 15 is 0 Å². The molecule has 0 unspecified atom stereocenters. The molecule has 2 N–H and O–H groups in total. The molecule has 2 atom stereocenters. The van der Waals surface area contributed by atoms with Gasteiger partial charge in [-0.15, -0.1) is 0 Å². The molecule has 0 aromatic carbocycles. The van der Waals surface area contributed by atoms with Gasteiger partial charge in [0.2, 0.25) is 0 Å². The fourth-order valence-corrected chi connectivity index (χ4v) is 2.77. The largest absolute Gasteiger partial charge is 0.379 e. The van der Waals surface area contributed by atoms with Crippen molar-refractivity contribution in [1.29, 1.82) is 0 Å². The lowest BCUT2D eigenvalue weighted by atomic mass is 10.1. The first-order valence-corrected chi connectivity index (χ1v) is 8.18. The summed E-state index contributed by atoms with van der Waals surface area (Å²) in [5.74, 6) is 1.66. The second-order valence-electron chi connectivity index (χ2n) is 5.73. The molecule has 2 aromatic rings. The molecule has 122 valence electrons. The van der Waals surface area contributed by atoms with Gasteiger partial charge in [0.25, 0.3) is 0 Å². The minimum atomic E-state index is 0.207. The van der Waals surface area contributed by atoms with E-state index in [4.69, 9.17) is 4.74 Å². The van der Waals surface area contributed by atoms with Crippen LogP contribution in [-0.4, -0.2) is 34.2 Å². The minimum absolute atomic E-state index is 0.207. The van der Waals surface area contributed by atoms with Crippen LogP contribution >= 0.6 is 0 Å². The molecule has 0 spiro atoms. The Morgan fingerprint density at radius 3 is 2.83 bits per heavy atom. The number of aromatic nitrogens is 3. The van der Waals surface area contributed by atoms with E-state index in [1.807, 2.05) is 30.6 Å². The van der Waals surface area contributed by atoms with E-state index in [9.17, 15) is 0 Å². The molecule has 0 saturated carbocycles. The Balaban J connectivity index is 1.66. The number of anilines is 2. The summed E-state index contributed by atoms with van der Waals surface area (Å²) in [6.45, 7) is 3.75. The molecular formula is C17H23N5O. The van der Waals surface area contributed by atoms with Gasteiger partial charge in [0.05, 0.1) is 18.7 Å². The Morgan fingerprint density at radius 1 is 1.26 bits per heavy atom. The Morgan fingerprint density at radius 2 is 2.09 bits per heavy atom. The number of pyridine rings is 1. The second kappa shape index (κ2) is 7.87. The van der Waals surface area contributed by atoms with Gasteiger partial charge in [-0.25, -0.2) is 9.97 Å². The summed E-state index contributed by atoms with van der Waals surface area (Å²) in [7, 11) is 0. The summed E-state index contributed by atoms with van der Waals surface area (Å²) >= 11 is 0. The predicted octanol–water partition coefficient (Wildman–Crippen LogP) is 3.03. The maximum Gasteiger partial charge on any atom is 0.131 e. The molecule has 0 amide bonds. The molecule has 0 radical (unpaired) electrons. The lowest BCUT2D eigenvalue weighted by Gasteiger charge is -2.24. The van der Waals surface area contributed by atoms with Crippen molar-refractivity contribution >= 4 is 11.6 Å². The summed E-state index contributed by atoms with van der Waals surface area (Å²) in [5.41, 5.74) is 1.20. The van der Waals surface area contributed by atoms with Gasteiger partial charge in [0.1, 0.15) is 18.0 Å². The molecule has 6 heteroatoms. The van der Waals surface area contributed by atoms with Crippen molar-refractivity contribution in [3.8, 4) is 0 Å². The van der Waals surface area contributed by atoms with Crippen molar-refractivity contribution < 1.29 is 4.74 Å². The summed E-state index contributed by atoms with van der Waals surface area (Å²) in [6.07, 6.45) is 8.39. The second-order valence-corrected chi connectivity index (χ2v) is 5.73. The smallest absolute Gasteiger partial charge is 0.131 e. The van der Waals surface area contributed by atoms with Crippen LogP contribution in [-0.2, 0) is 4.74 Å². The van der Waals surface area contributed by atoms with Crippen molar-refractivity contribution in [2.24, 2.45) is 0 Å². The van der Waals surface area contributed by atoms with E-state index < -0.39 is 0 Å². The number of hydrogen-bond acceptors (Lipinski definition) is 6. The lowest BCUT2D eigenvalue weighted by molar-refractivity contribution is 0.0875. The summed E-state index contributed by atoms with van der Waals surface area (Å²) in [4.78, 5) is 12.7. The van der Waals surface area contributed by atoms with Crippen molar-refractivity contribution in [2.75, 3.05) is 23.8 Å². The van der Waals surface area contributed by atoms with Crippen LogP contribution in [0.5, 0.6) is 0 Å². The van der Waals surface area contributed by atoms with Gasteiger partial charge in [-0.3, -0.25) is 4.98 Å². The first-order valence-electron chi connectivity index (χ1n) is 8.18. The Kier molecular flexibility index (Phi) is 5.37. The lowest BCUT2D eigenvalue weighted by Crippen LogP contribution is -2.30. The average molecular weight is 313 g/mol. The van der Waals surface area contributed by atoms with Gasteiger partial charge >= 0.3 is 0 Å². The highest BCUT2D eigenvalue weighted by molar-refractivity contribution is 5.48. The molecule has 3 heterocycles. The molecular weight excluding hydrogens is 290 g/mol. The van der Waals surface area contributed by atoms with Crippen molar-refractivity contribution in [3.05, 3.63) is 42.5 Å². The zero-order valence-corrected chi connectivity index (χ0v) is 13.4. The van der Waals surface area contributed by atoms with Crippen molar-refractivity contribution in [2.45, 2.75) is 38.3 Å². The van der Waals surface area contributed by atoms with Gasteiger partial charge < -0.3 is 15.4 Å². The highest BCUT2D eigenvalue weighted by Gasteiger charge is 2.15. The Hall–Kier alpha value is -2.21. The summed E-state index contributed by atoms with van der Waals surface area (Å²) in [5, 5.41) is 6.90. The maximum atomic E-state index is 5.50. The molecule has 0 bridgehead atoms. The normalized spacial score (nSPS) is 19.1. The molecule has 6 nitrogen and oxygen atoms in total. The van der Waals surface area contributed by atoms with Gasteiger partial charge in [-0.1, -0.05) is 6.92 Å². The van der Waals surface area contributed by atoms with Crippen LogP contribution < -0.4 is 10.6 Å². The van der Waals surface area contributed by atoms with E-state index in [1.54, 1.807) is 6.33 Å². The quantitative estimate of drug-likeness (QED) is 0.854. The maximum absolute atomic E-state index is 5.50. The highest BCUT2D eigenvalue weighted by Crippen LogP contribution is 2.22. The molecule has 1 aliphatic rings. The van der Waals surface area contributed by atoms with E-state index in [1.165, 1.54) is 5.56 Å². The standard InChI is InChI=1S/C17H23N5O/c1-2-15(13-5-7-18-8-6-13)22-17-10-16(19-12-20-17)21-14-4-3-9-23-11-14/h5-8,10,12,14-15H,2-4,9,11H2,1H3,(H2,19,20,21,22)/t14-,15+/m0/s1. The number of hydrogen-bond donors (Lipinski definition) is 2. The third kappa shape index (κ3) is 4.39. The summed E-state index contributed by atoms with van der Waals surface area (Å²) in [6, 6.07) is 6.55. The van der Waals surface area contributed by atoms with Crippen LogP contribution in [0.2, 0.25) is 0 Å². The summed E-state index contributed by atoms with van der Waals surface area (Å²) < 4.78 is 5.50. The van der Waals surface area contributed by atoms with Crippen LogP contribution in [0.25, 0.3) is 0 Å². The highest BCUT2D eigenvalue weighted by atomic mass is 16.5. The van der Waals surface area contributed by atoms with Crippen LogP contribution in [0, 0.1) is 0 Å². The topological polar surface area (TPSA) is 72.0 Å². The predicted molar refractivity (Wildman–Crippen MR) is 90.4 cm³/mol. The molecule has 2 aromatic heterocycles. The fraction of sp³-hybridized carbons (Fsp3) is 0.471. The number of ether oxygens (including phenoxy) is 1. The molecule has 3 rings (SSSR count). The zero-order chi connectivity index (χ0) is 15.9. The molecule has 0 aliphatic carbocycles. The van der Waals surface area contributed by atoms with E-state index in [-0.39, 0.29) is 6.04 Å². The molecule has 1 aliphatic heterocycles. The third-order valence-corrected chi connectivity index (χ3v) is 4.02. The van der Waals surface area contributed by atoms with Gasteiger partial charge in [0, 0.05) is 25.1 Å². The Bertz CT molecular complexity index is 601. The third-order valence-electron chi connectivity index (χ3n) is 4.02. The SMILES string of the molecule is CC[C@@H](Nc1cc(N[C@H]2CCCOC2)ncn1)c1ccncc1. The van der Waals surface area contributed by atoms with E-state index in [2.05, 4.69) is 32.5 Å². The molecule has 1 saturated heterocycles. The number of nitrogens with zero attached hydrogens (tertiary/aromatic N) is 3. The average Bonchev–Trinajstić information content (AvgIpc) is 2.62. The monoisotopic (exact) mass is 313 g/mol. The zero-order valence-electron chi connectivity index (χ0n) is 13.4. The van der Waals surface area contributed by atoms with Crippen LogP contribution in [0.4, 0.5) is 11.6 Å². The van der Waals surface area contributed by atoms with Gasteiger partial charge in [-0.05, 0) is 37.0 Å². The van der Waals surface area contributed by atoms with Gasteiger partial charge in [0.15, 0.2) is 0 Å². The fourth-order valence-electron chi connectivity index (χ4n) is 2.77. The van der Waals surface area contributed by atoms with Crippen molar-refractivity contribution in [3.63, 3.8) is 0 Å². The van der Waals surface area contributed by atoms with E-state index in [0.717, 1.165) is 44.1 Å². The first kappa shape index (κ1) is 15.7. The van der Waals surface area contributed by atoms with E-state index in [0.29, 0.717) is 6.04 Å². The molecule has 1 fully saturated rings. The number of nitrogens with one attached hydrogen (secondary N) is 2. The van der Waals surface area contributed by atoms with Crippen LogP contribution in [0.3, 0.4) is 0 Å². The first-order chi connectivity index (χ1) is 11.3. The van der Waals surface area contributed by atoms with Crippen LogP contribution in [0.1, 0.15) is 37.8 Å². The minimum Gasteiger partial charge on any atom is -0.379 e. The Labute approximate surface area is 136 Å². The van der Waals surface area contributed by atoms with Gasteiger partial charge in [-0.2, -0.15) is 0 Å².